The average molecular weight is 540 g/mol. The maximum Gasteiger partial charge on any atom is 0.335 e. The predicted molar refractivity (Wildman–Crippen MR) is 146 cm³/mol. The number of nitrogens with zero attached hydrogens (tertiary/aromatic N) is 1. The van der Waals surface area contributed by atoms with Gasteiger partial charge in [0.25, 0.3) is 0 Å². The molecule has 1 aliphatic rings. The molecule has 1 aromatic heterocycles. The fraction of sp³-hybridized carbons (Fsp3) is 0.484. The van der Waals surface area contributed by atoms with Gasteiger partial charge in [0, 0.05) is 25.5 Å². The molecule has 8 heteroatoms. The summed E-state index contributed by atoms with van der Waals surface area (Å²) in [5.74, 6) is 1.68. The Labute approximate surface area is 229 Å². The molecule has 1 atom stereocenters. The second kappa shape index (κ2) is 13.6. The van der Waals surface area contributed by atoms with Crippen molar-refractivity contribution < 1.29 is 32.5 Å². The van der Waals surface area contributed by atoms with Gasteiger partial charge in [-0.15, -0.1) is 0 Å². The number of aryl methyl sites for hydroxylation is 1. The molecule has 210 valence electrons. The van der Waals surface area contributed by atoms with Crippen molar-refractivity contribution in [2.24, 2.45) is 0 Å². The van der Waals surface area contributed by atoms with Crippen molar-refractivity contribution in [3.63, 3.8) is 0 Å². The lowest BCUT2D eigenvalue weighted by molar-refractivity contribution is -0.156. The molecule has 3 aromatic rings. The molecule has 1 aliphatic carbocycles. The van der Waals surface area contributed by atoms with Crippen molar-refractivity contribution in [3.05, 3.63) is 64.3 Å². The van der Waals surface area contributed by atoms with E-state index in [0.717, 1.165) is 42.7 Å². The number of rotatable bonds is 13. The van der Waals surface area contributed by atoms with Crippen LogP contribution in [-0.4, -0.2) is 43.5 Å². The fourth-order valence-electron chi connectivity index (χ4n) is 5.06. The number of oxazole rings is 1. The third kappa shape index (κ3) is 6.98. The molecule has 1 unspecified atom stereocenters. The zero-order chi connectivity index (χ0) is 27.8. The van der Waals surface area contributed by atoms with Gasteiger partial charge >= 0.3 is 5.97 Å². The highest BCUT2D eigenvalue weighted by molar-refractivity contribution is 5.75. The Morgan fingerprint density at radius 1 is 1.00 bits per heavy atom. The number of benzene rings is 2. The smallest absolute Gasteiger partial charge is 0.335 e. The Morgan fingerprint density at radius 3 is 2.54 bits per heavy atom. The molecule has 0 fully saturated rings. The lowest BCUT2D eigenvalue weighted by atomic mass is 9.86. The second-order valence-electron chi connectivity index (χ2n) is 9.48. The van der Waals surface area contributed by atoms with Gasteiger partial charge in [-0.1, -0.05) is 6.07 Å². The van der Waals surface area contributed by atoms with Gasteiger partial charge in [0.2, 0.25) is 5.89 Å². The van der Waals surface area contributed by atoms with Crippen LogP contribution in [0.2, 0.25) is 0 Å². The summed E-state index contributed by atoms with van der Waals surface area (Å²) in [4.78, 5) is 17.1. The van der Waals surface area contributed by atoms with E-state index in [2.05, 4.69) is 4.98 Å². The summed E-state index contributed by atoms with van der Waals surface area (Å²) in [6.45, 7) is 9.03. The number of hydrogen-bond acceptors (Lipinski definition) is 7. The van der Waals surface area contributed by atoms with E-state index >= 15 is 0 Å². The van der Waals surface area contributed by atoms with Crippen LogP contribution in [-0.2, 0) is 40.0 Å². The normalized spacial score (nSPS) is 13.6. The molecular weight excluding hydrogens is 501 g/mol. The van der Waals surface area contributed by atoms with Crippen LogP contribution in [0.25, 0.3) is 11.5 Å². The molecule has 0 radical (unpaired) electrons. The van der Waals surface area contributed by atoms with Crippen LogP contribution in [0.5, 0.6) is 11.5 Å². The highest BCUT2D eigenvalue weighted by Gasteiger charge is 2.25. The van der Waals surface area contributed by atoms with Crippen LogP contribution in [0.15, 0.2) is 34.7 Å². The van der Waals surface area contributed by atoms with E-state index in [0.29, 0.717) is 62.2 Å². The van der Waals surface area contributed by atoms with E-state index < -0.39 is 6.10 Å². The molecule has 7 nitrogen and oxygen atoms in total. The summed E-state index contributed by atoms with van der Waals surface area (Å²) in [5, 5.41) is 0. The Hall–Kier alpha value is -3.39. The van der Waals surface area contributed by atoms with E-state index in [1.165, 1.54) is 23.3 Å². The molecule has 0 N–H and O–H groups in total. The Balaban J connectivity index is 1.47. The molecule has 0 spiro atoms. The van der Waals surface area contributed by atoms with Crippen LogP contribution in [0.1, 0.15) is 61.8 Å². The second-order valence-corrected chi connectivity index (χ2v) is 9.48. The molecule has 0 saturated heterocycles. The van der Waals surface area contributed by atoms with Crippen LogP contribution >= 0.6 is 0 Å². The zero-order valence-corrected chi connectivity index (χ0v) is 23.3. The molecule has 1 heterocycles. The minimum absolute atomic E-state index is 0.319. The fourth-order valence-corrected chi connectivity index (χ4v) is 5.06. The average Bonchev–Trinajstić information content (AvgIpc) is 3.29. The Morgan fingerprint density at radius 2 is 1.79 bits per heavy atom. The monoisotopic (exact) mass is 539 g/mol. The van der Waals surface area contributed by atoms with Crippen LogP contribution in [0.4, 0.5) is 4.39 Å². The van der Waals surface area contributed by atoms with Gasteiger partial charge in [-0.2, -0.15) is 0 Å². The van der Waals surface area contributed by atoms with Crippen molar-refractivity contribution in [3.8, 4) is 23.0 Å². The minimum Gasteiger partial charge on any atom is -0.493 e. The van der Waals surface area contributed by atoms with E-state index in [9.17, 15) is 9.18 Å². The van der Waals surface area contributed by atoms with E-state index in [1.807, 2.05) is 32.9 Å². The number of esters is 1. The van der Waals surface area contributed by atoms with Crippen molar-refractivity contribution >= 4 is 5.97 Å². The quantitative estimate of drug-likeness (QED) is 0.239. The van der Waals surface area contributed by atoms with Crippen molar-refractivity contribution in [1.29, 1.82) is 0 Å². The first-order chi connectivity index (χ1) is 18.9. The van der Waals surface area contributed by atoms with Gasteiger partial charge in [0.1, 0.15) is 23.1 Å². The number of aromatic nitrogens is 1. The lowest BCUT2D eigenvalue weighted by Crippen LogP contribution is -2.29. The zero-order valence-electron chi connectivity index (χ0n) is 23.3. The molecule has 0 aliphatic heterocycles. The first kappa shape index (κ1) is 28.6. The largest absolute Gasteiger partial charge is 0.493 e. The summed E-state index contributed by atoms with van der Waals surface area (Å²) in [7, 11) is 0. The molecule has 0 amide bonds. The van der Waals surface area contributed by atoms with Gasteiger partial charge in [0.15, 0.2) is 6.10 Å². The van der Waals surface area contributed by atoms with Crippen LogP contribution < -0.4 is 9.47 Å². The molecule has 39 heavy (non-hydrogen) atoms. The van der Waals surface area contributed by atoms with Gasteiger partial charge in [-0.25, -0.2) is 14.2 Å². The number of ether oxygens (including phenoxy) is 4. The standard InChI is InChI=1S/C31H38FNO6/c1-5-35-28-19-22(32)13-14-25(28)30-33-26(20(4)39-30)16-17-38-27-15-12-21(23-10-8-9-11-24(23)27)18-29(36-6-2)31(34)37-7-3/h12-15,19,29H,5-11,16-18H2,1-4H3. The summed E-state index contributed by atoms with van der Waals surface area (Å²) in [6, 6.07) is 8.39. The van der Waals surface area contributed by atoms with Crippen molar-refractivity contribution in [2.45, 2.75) is 72.3 Å². The minimum atomic E-state index is -0.610. The molecule has 2 aromatic carbocycles. The topological polar surface area (TPSA) is 80.0 Å². The van der Waals surface area contributed by atoms with E-state index in [4.69, 9.17) is 23.4 Å². The lowest BCUT2D eigenvalue weighted by Gasteiger charge is -2.24. The maximum atomic E-state index is 13.7. The summed E-state index contributed by atoms with van der Waals surface area (Å²) < 4.78 is 42.5. The van der Waals surface area contributed by atoms with Gasteiger partial charge in [-0.3, -0.25) is 0 Å². The van der Waals surface area contributed by atoms with Gasteiger partial charge < -0.3 is 23.4 Å². The van der Waals surface area contributed by atoms with Gasteiger partial charge in [0.05, 0.1) is 31.1 Å². The molecule has 0 saturated carbocycles. The third-order valence-electron chi connectivity index (χ3n) is 6.87. The summed E-state index contributed by atoms with van der Waals surface area (Å²) >= 11 is 0. The first-order valence-electron chi connectivity index (χ1n) is 13.9. The van der Waals surface area contributed by atoms with E-state index in [1.54, 1.807) is 13.0 Å². The summed E-state index contributed by atoms with van der Waals surface area (Å²) in [6.07, 6.45) is 4.54. The summed E-state index contributed by atoms with van der Waals surface area (Å²) in [5.41, 5.74) is 4.99. The highest BCUT2D eigenvalue weighted by Crippen LogP contribution is 2.34. The Bertz CT molecular complexity index is 1270. The third-order valence-corrected chi connectivity index (χ3v) is 6.87. The van der Waals surface area contributed by atoms with Crippen LogP contribution in [0.3, 0.4) is 0 Å². The van der Waals surface area contributed by atoms with Gasteiger partial charge in [-0.05, 0) is 88.3 Å². The van der Waals surface area contributed by atoms with Crippen molar-refractivity contribution in [1.82, 2.24) is 4.98 Å². The SMILES string of the molecule is CCOC(=O)C(Cc1ccc(OCCc2nc(-c3ccc(F)cc3OCC)oc2C)c2c1CCCC2)OCC. The highest BCUT2D eigenvalue weighted by atomic mass is 19.1. The van der Waals surface area contributed by atoms with Crippen LogP contribution in [0, 0.1) is 12.7 Å². The van der Waals surface area contributed by atoms with E-state index in [-0.39, 0.29) is 11.8 Å². The molecule has 4 rings (SSSR count). The first-order valence-corrected chi connectivity index (χ1v) is 13.9. The predicted octanol–water partition coefficient (Wildman–Crippen LogP) is 6.20. The Kier molecular flexibility index (Phi) is 9.98. The number of fused-ring (bicyclic) bond motifs is 1. The maximum absolute atomic E-state index is 13.7. The molecular formula is C31H38FNO6. The van der Waals surface area contributed by atoms with Crippen molar-refractivity contribution in [2.75, 3.05) is 26.4 Å². The number of halogens is 1. The number of hydrogen-bond donors (Lipinski definition) is 0. The number of carbonyl (C=O) groups excluding carboxylic acids is 1. The number of carbonyl (C=O) groups is 1. The molecule has 0 bridgehead atoms.